The summed E-state index contributed by atoms with van der Waals surface area (Å²) < 4.78 is 6.26. The first-order chi connectivity index (χ1) is 9.13. The quantitative estimate of drug-likeness (QED) is 0.799. The number of carbonyl (C=O) groups excluding carboxylic acids is 1. The minimum Gasteiger partial charge on any atom is -0.475 e. The van der Waals surface area contributed by atoms with Crippen molar-refractivity contribution in [3.05, 3.63) is 24.8 Å². The van der Waals surface area contributed by atoms with E-state index in [2.05, 4.69) is 16.7 Å². The Hall–Kier alpha value is -2.38. The molecule has 1 amide bonds. The van der Waals surface area contributed by atoms with E-state index < -0.39 is 12.1 Å². The van der Waals surface area contributed by atoms with E-state index >= 15 is 0 Å². The molecule has 1 aromatic heterocycles. The number of aromatic nitrogens is 3. The largest absolute Gasteiger partial charge is 0.475 e. The summed E-state index contributed by atoms with van der Waals surface area (Å²) >= 11 is 0. The molecule has 8 nitrogen and oxygen atoms in total. The Balaban J connectivity index is 2.01. The highest BCUT2D eigenvalue weighted by molar-refractivity contribution is 5.83. The van der Waals surface area contributed by atoms with Crippen molar-refractivity contribution in [2.45, 2.75) is 12.5 Å². The van der Waals surface area contributed by atoms with Crippen molar-refractivity contribution in [1.29, 1.82) is 0 Å². The van der Waals surface area contributed by atoms with Gasteiger partial charge in [-0.2, -0.15) is 5.10 Å². The van der Waals surface area contributed by atoms with Crippen LogP contribution in [-0.2, 0) is 4.74 Å². The van der Waals surface area contributed by atoms with Gasteiger partial charge in [-0.1, -0.05) is 12.7 Å². The molecule has 0 aliphatic carbocycles. The van der Waals surface area contributed by atoms with Gasteiger partial charge in [-0.05, 0) is 6.42 Å². The SMILES string of the molecule is C=CCOC(=O)N1CCC(n2ncnc2C(=O)O)C1. The predicted octanol–water partition coefficient (Wildman–Crippen LogP) is 0.546. The Bertz CT molecular complexity index is 499. The Morgan fingerprint density at radius 1 is 1.63 bits per heavy atom. The molecule has 0 radical (unpaired) electrons. The third kappa shape index (κ3) is 2.72. The molecule has 1 fully saturated rings. The second-order valence-electron chi connectivity index (χ2n) is 4.09. The zero-order chi connectivity index (χ0) is 13.8. The van der Waals surface area contributed by atoms with E-state index in [4.69, 9.17) is 9.84 Å². The fourth-order valence-electron chi connectivity index (χ4n) is 2.00. The topological polar surface area (TPSA) is 97.5 Å². The van der Waals surface area contributed by atoms with Gasteiger partial charge in [0.1, 0.15) is 12.9 Å². The van der Waals surface area contributed by atoms with E-state index in [0.29, 0.717) is 19.5 Å². The molecule has 0 spiro atoms. The average molecular weight is 266 g/mol. The van der Waals surface area contributed by atoms with Gasteiger partial charge in [0.15, 0.2) is 0 Å². The number of likely N-dealkylation sites (tertiary alicyclic amines) is 1. The maximum absolute atomic E-state index is 11.6. The number of ether oxygens (including phenoxy) is 1. The lowest BCUT2D eigenvalue weighted by Crippen LogP contribution is -2.30. The molecular formula is C11H14N4O4. The van der Waals surface area contributed by atoms with Crippen molar-refractivity contribution < 1.29 is 19.4 Å². The number of hydrogen-bond donors (Lipinski definition) is 1. The zero-order valence-corrected chi connectivity index (χ0v) is 10.2. The van der Waals surface area contributed by atoms with Gasteiger partial charge in [-0.3, -0.25) is 0 Å². The molecule has 0 aromatic carbocycles. The number of rotatable bonds is 4. The van der Waals surface area contributed by atoms with Crippen LogP contribution in [0.4, 0.5) is 4.79 Å². The summed E-state index contributed by atoms with van der Waals surface area (Å²) in [4.78, 5) is 27.8. The van der Waals surface area contributed by atoms with Crippen LogP contribution in [0.3, 0.4) is 0 Å². The Morgan fingerprint density at radius 2 is 2.42 bits per heavy atom. The van der Waals surface area contributed by atoms with Crippen LogP contribution in [0, 0.1) is 0 Å². The first-order valence-electron chi connectivity index (χ1n) is 5.79. The van der Waals surface area contributed by atoms with Crippen molar-refractivity contribution in [2.75, 3.05) is 19.7 Å². The van der Waals surface area contributed by atoms with Crippen molar-refractivity contribution >= 4 is 12.1 Å². The van der Waals surface area contributed by atoms with Gasteiger partial charge in [0, 0.05) is 13.1 Å². The van der Waals surface area contributed by atoms with Gasteiger partial charge in [-0.25, -0.2) is 19.3 Å². The molecule has 102 valence electrons. The number of carbonyl (C=O) groups is 2. The second-order valence-corrected chi connectivity index (χ2v) is 4.09. The number of aromatic carboxylic acids is 1. The van der Waals surface area contributed by atoms with E-state index in [-0.39, 0.29) is 18.5 Å². The minimum atomic E-state index is -1.13. The minimum absolute atomic E-state index is 0.119. The second kappa shape index (κ2) is 5.51. The van der Waals surface area contributed by atoms with Crippen molar-refractivity contribution in [2.24, 2.45) is 0 Å². The Labute approximate surface area is 109 Å². The van der Waals surface area contributed by atoms with E-state index in [1.165, 1.54) is 22.0 Å². The van der Waals surface area contributed by atoms with Crippen molar-refractivity contribution in [3.8, 4) is 0 Å². The number of carboxylic acid groups (broad SMARTS) is 1. The van der Waals surface area contributed by atoms with Crippen LogP contribution in [0.15, 0.2) is 19.0 Å². The molecule has 1 atom stereocenters. The number of carboxylic acids is 1. The molecule has 2 rings (SSSR count). The van der Waals surface area contributed by atoms with Crippen LogP contribution in [0.2, 0.25) is 0 Å². The van der Waals surface area contributed by atoms with Gasteiger partial charge in [0.05, 0.1) is 6.04 Å². The molecule has 1 saturated heterocycles. The smallest absolute Gasteiger partial charge is 0.410 e. The summed E-state index contributed by atoms with van der Waals surface area (Å²) in [5.74, 6) is -1.25. The average Bonchev–Trinajstić information content (AvgIpc) is 3.02. The van der Waals surface area contributed by atoms with Gasteiger partial charge in [0.2, 0.25) is 5.82 Å². The summed E-state index contributed by atoms with van der Waals surface area (Å²) in [6.45, 7) is 4.48. The number of hydrogen-bond acceptors (Lipinski definition) is 5. The van der Waals surface area contributed by atoms with Crippen LogP contribution >= 0.6 is 0 Å². The maximum atomic E-state index is 11.6. The highest BCUT2D eigenvalue weighted by Crippen LogP contribution is 2.22. The van der Waals surface area contributed by atoms with Crippen LogP contribution in [-0.4, -0.2) is 56.5 Å². The first kappa shape index (κ1) is 13.1. The molecule has 8 heteroatoms. The van der Waals surface area contributed by atoms with E-state index in [1.54, 1.807) is 0 Å². The van der Waals surface area contributed by atoms with E-state index in [9.17, 15) is 9.59 Å². The molecule has 1 aliphatic heterocycles. The van der Waals surface area contributed by atoms with Crippen LogP contribution in [0.25, 0.3) is 0 Å². The molecule has 0 saturated carbocycles. The lowest BCUT2D eigenvalue weighted by molar-refractivity contribution is 0.0673. The third-order valence-corrected chi connectivity index (χ3v) is 2.86. The lowest BCUT2D eigenvalue weighted by atomic mass is 10.3. The fourth-order valence-corrected chi connectivity index (χ4v) is 2.00. The number of nitrogens with zero attached hydrogens (tertiary/aromatic N) is 4. The van der Waals surface area contributed by atoms with E-state index in [0.717, 1.165) is 0 Å². The molecule has 1 aliphatic rings. The molecule has 1 aromatic rings. The van der Waals surface area contributed by atoms with Gasteiger partial charge >= 0.3 is 12.1 Å². The van der Waals surface area contributed by atoms with Crippen LogP contribution in [0.1, 0.15) is 23.1 Å². The summed E-state index contributed by atoms with van der Waals surface area (Å²) in [6, 6.07) is -0.190. The highest BCUT2D eigenvalue weighted by atomic mass is 16.6. The molecule has 1 unspecified atom stereocenters. The van der Waals surface area contributed by atoms with Gasteiger partial charge in [-0.15, -0.1) is 0 Å². The maximum Gasteiger partial charge on any atom is 0.410 e. The molecule has 0 bridgehead atoms. The summed E-state index contributed by atoms with van der Waals surface area (Å²) in [5, 5.41) is 12.9. The Morgan fingerprint density at radius 3 is 3.11 bits per heavy atom. The van der Waals surface area contributed by atoms with Crippen molar-refractivity contribution in [1.82, 2.24) is 19.7 Å². The van der Waals surface area contributed by atoms with Crippen molar-refractivity contribution in [3.63, 3.8) is 0 Å². The normalized spacial score (nSPS) is 18.3. The number of amides is 1. The summed E-state index contributed by atoms with van der Waals surface area (Å²) in [7, 11) is 0. The molecule has 2 heterocycles. The molecular weight excluding hydrogens is 252 g/mol. The predicted molar refractivity (Wildman–Crippen MR) is 63.8 cm³/mol. The van der Waals surface area contributed by atoms with Crippen LogP contribution in [0.5, 0.6) is 0 Å². The summed E-state index contributed by atoms with van der Waals surface area (Å²) in [5.41, 5.74) is 0. The lowest BCUT2D eigenvalue weighted by Gasteiger charge is -2.16. The van der Waals surface area contributed by atoms with Crippen LogP contribution < -0.4 is 0 Å². The Kier molecular flexibility index (Phi) is 3.79. The molecule has 1 N–H and O–H groups in total. The van der Waals surface area contributed by atoms with Gasteiger partial charge < -0.3 is 14.7 Å². The summed E-state index contributed by atoms with van der Waals surface area (Å²) in [6.07, 6.45) is 2.87. The standard InChI is InChI=1S/C11H14N4O4/c1-2-5-19-11(18)14-4-3-8(6-14)15-9(10(16)17)12-7-13-15/h2,7-8H,1,3-6H2,(H,16,17). The van der Waals surface area contributed by atoms with Gasteiger partial charge in [0.25, 0.3) is 0 Å². The zero-order valence-electron chi connectivity index (χ0n) is 10.2. The van der Waals surface area contributed by atoms with E-state index in [1.807, 2.05) is 0 Å². The first-order valence-corrected chi connectivity index (χ1v) is 5.79. The monoisotopic (exact) mass is 266 g/mol. The highest BCUT2D eigenvalue weighted by Gasteiger charge is 2.31. The molecule has 19 heavy (non-hydrogen) atoms. The fraction of sp³-hybridized carbons (Fsp3) is 0.455. The third-order valence-electron chi connectivity index (χ3n) is 2.86.